The van der Waals surface area contributed by atoms with E-state index in [0.717, 1.165) is 0 Å². The van der Waals surface area contributed by atoms with Gasteiger partial charge in [-0.15, -0.1) is 0 Å². The smallest absolute Gasteiger partial charge is 0.407 e. The highest BCUT2D eigenvalue weighted by molar-refractivity contribution is 5.67. The third-order valence-corrected chi connectivity index (χ3v) is 2.48. The zero-order valence-corrected chi connectivity index (χ0v) is 12.2. The lowest BCUT2D eigenvalue weighted by atomic mass is 10.0. The monoisotopic (exact) mass is 293 g/mol. The van der Waals surface area contributed by atoms with Gasteiger partial charge >= 0.3 is 6.09 Å². The lowest BCUT2D eigenvalue weighted by Gasteiger charge is -2.22. The number of ether oxygens (including phenoxy) is 1. The van der Waals surface area contributed by atoms with Crippen LogP contribution in [0, 0.1) is 11.3 Å². The maximum Gasteiger partial charge on any atom is 0.407 e. The fourth-order valence-corrected chi connectivity index (χ4v) is 1.57. The quantitative estimate of drug-likeness (QED) is 0.758. The summed E-state index contributed by atoms with van der Waals surface area (Å²) in [5.74, 6) is 0. The molecule has 0 saturated carbocycles. The van der Waals surface area contributed by atoms with Crippen LogP contribution in [-0.4, -0.2) is 39.5 Å². The van der Waals surface area contributed by atoms with Gasteiger partial charge in [0.1, 0.15) is 29.6 Å². The van der Waals surface area contributed by atoms with Crippen LogP contribution in [-0.2, 0) is 4.74 Å². The summed E-state index contributed by atoms with van der Waals surface area (Å²) >= 11 is 0. The number of nitriles is 1. The number of nitrogens with zero attached hydrogens (tertiary/aromatic N) is 2. The Labute approximate surface area is 123 Å². The summed E-state index contributed by atoms with van der Waals surface area (Å²) in [6.07, 6.45) is -1.89. The van der Waals surface area contributed by atoms with Crippen molar-refractivity contribution in [3.05, 3.63) is 29.6 Å². The number of pyridine rings is 1. The summed E-state index contributed by atoms with van der Waals surface area (Å²) in [7, 11) is 0. The molecule has 21 heavy (non-hydrogen) atoms. The first-order valence-corrected chi connectivity index (χ1v) is 6.42. The van der Waals surface area contributed by atoms with E-state index in [1.807, 2.05) is 6.07 Å². The van der Waals surface area contributed by atoms with E-state index in [2.05, 4.69) is 10.3 Å². The van der Waals surface area contributed by atoms with Gasteiger partial charge in [0.05, 0.1) is 0 Å². The Hall–Kier alpha value is -2.17. The molecule has 0 aliphatic carbocycles. The van der Waals surface area contributed by atoms with E-state index >= 15 is 0 Å². The van der Waals surface area contributed by atoms with Crippen molar-refractivity contribution in [3.8, 4) is 6.07 Å². The first-order chi connectivity index (χ1) is 9.74. The van der Waals surface area contributed by atoms with Crippen LogP contribution >= 0.6 is 0 Å². The molecule has 1 aromatic heterocycles. The van der Waals surface area contributed by atoms with Crippen LogP contribution in [0.2, 0.25) is 0 Å². The molecule has 7 nitrogen and oxygen atoms in total. The predicted molar refractivity (Wildman–Crippen MR) is 74.2 cm³/mol. The van der Waals surface area contributed by atoms with Crippen molar-refractivity contribution in [3.63, 3.8) is 0 Å². The Morgan fingerprint density at radius 1 is 1.52 bits per heavy atom. The number of nitrogens with one attached hydrogen (secondary N) is 1. The van der Waals surface area contributed by atoms with Crippen LogP contribution in [0.4, 0.5) is 4.79 Å². The number of carbonyl (C=O) groups is 1. The van der Waals surface area contributed by atoms with E-state index in [1.54, 1.807) is 26.8 Å². The molecule has 1 rings (SSSR count). The second kappa shape index (κ2) is 7.02. The third kappa shape index (κ3) is 5.38. The minimum Gasteiger partial charge on any atom is -0.444 e. The summed E-state index contributed by atoms with van der Waals surface area (Å²) in [6.45, 7) is 4.93. The second-order valence-corrected chi connectivity index (χ2v) is 5.45. The number of aliphatic hydroxyl groups excluding tert-OH is 2. The topological polar surface area (TPSA) is 115 Å². The fourth-order valence-electron chi connectivity index (χ4n) is 1.57. The van der Waals surface area contributed by atoms with E-state index in [9.17, 15) is 15.0 Å². The Balaban J connectivity index is 2.62. The number of amides is 1. The van der Waals surface area contributed by atoms with Crippen LogP contribution in [0.5, 0.6) is 0 Å². The number of alkyl carbamates (subject to hydrolysis) is 1. The maximum absolute atomic E-state index is 11.5. The lowest BCUT2D eigenvalue weighted by Crippen LogP contribution is -2.39. The first-order valence-electron chi connectivity index (χ1n) is 6.42. The molecule has 0 aliphatic rings. The highest BCUT2D eigenvalue weighted by atomic mass is 16.6. The van der Waals surface area contributed by atoms with Crippen molar-refractivity contribution in [2.45, 2.75) is 38.6 Å². The Bertz CT molecular complexity index is 534. The van der Waals surface area contributed by atoms with Gasteiger partial charge in [-0.25, -0.2) is 9.78 Å². The second-order valence-electron chi connectivity index (χ2n) is 5.45. The highest BCUT2D eigenvalue weighted by Crippen LogP contribution is 2.19. The standard InChI is InChI=1S/C14H19N3O4/c1-14(2,3)21-13(20)17-8-11(18)12(19)9-5-4-6-16-10(9)7-15/h4-6,11-12,18-19H,8H2,1-3H3,(H,17,20). The number of hydrogen-bond acceptors (Lipinski definition) is 6. The van der Waals surface area contributed by atoms with Crippen molar-refractivity contribution in [1.29, 1.82) is 5.26 Å². The number of aliphatic hydroxyl groups is 2. The predicted octanol–water partition coefficient (Wildman–Crippen LogP) is 0.872. The van der Waals surface area contributed by atoms with Gasteiger partial charge < -0.3 is 20.3 Å². The molecule has 0 fully saturated rings. The van der Waals surface area contributed by atoms with E-state index < -0.39 is 23.9 Å². The number of hydrogen-bond donors (Lipinski definition) is 3. The zero-order valence-electron chi connectivity index (χ0n) is 12.2. The maximum atomic E-state index is 11.5. The van der Waals surface area contributed by atoms with Gasteiger partial charge in [0.15, 0.2) is 0 Å². The number of aromatic nitrogens is 1. The van der Waals surface area contributed by atoms with Gasteiger partial charge in [0.2, 0.25) is 0 Å². The van der Waals surface area contributed by atoms with E-state index in [-0.39, 0.29) is 17.8 Å². The zero-order chi connectivity index (χ0) is 16.0. The lowest BCUT2D eigenvalue weighted by molar-refractivity contribution is 0.0126. The summed E-state index contributed by atoms with van der Waals surface area (Å²) in [5.41, 5.74) is -0.412. The van der Waals surface area contributed by atoms with E-state index in [1.165, 1.54) is 12.3 Å². The molecule has 0 aliphatic heterocycles. The van der Waals surface area contributed by atoms with Crippen LogP contribution in [0.25, 0.3) is 0 Å². The molecule has 0 radical (unpaired) electrons. The van der Waals surface area contributed by atoms with Crippen LogP contribution in [0.1, 0.15) is 38.1 Å². The molecule has 114 valence electrons. The SMILES string of the molecule is CC(C)(C)OC(=O)NCC(O)C(O)c1cccnc1C#N. The molecule has 2 atom stereocenters. The summed E-state index contributed by atoms with van der Waals surface area (Å²) in [4.78, 5) is 15.3. The largest absolute Gasteiger partial charge is 0.444 e. The van der Waals surface area contributed by atoms with E-state index in [0.29, 0.717) is 0 Å². The van der Waals surface area contributed by atoms with Gasteiger partial charge in [0, 0.05) is 18.3 Å². The molecule has 2 unspecified atom stereocenters. The average Bonchev–Trinajstić information content (AvgIpc) is 2.42. The molecule has 7 heteroatoms. The molecule has 0 aromatic carbocycles. The Morgan fingerprint density at radius 2 is 2.19 bits per heavy atom. The minimum atomic E-state index is -1.33. The number of rotatable bonds is 4. The van der Waals surface area contributed by atoms with Crippen molar-refractivity contribution < 1.29 is 19.7 Å². The molecule has 1 heterocycles. The Morgan fingerprint density at radius 3 is 2.76 bits per heavy atom. The summed E-state index contributed by atoms with van der Waals surface area (Å²) in [6, 6.07) is 4.88. The van der Waals surface area contributed by atoms with Crippen LogP contribution < -0.4 is 5.32 Å². The molecular weight excluding hydrogens is 274 g/mol. The first kappa shape index (κ1) is 16.9. The van der Waals surface area contributed by atoms with Gasteiger partial charge in [0.25, 0.3) is 0 Å². The minimum absolute atomic E-state index is 0.0290. The number of carbonyl (C=O) groups excluding carboxylic acids is 1. The fraction of sp³-hybridized carbons (Fsp3) is 0.500. The van der Waals surface area contributed by atoms with Gasteiger partial charge in [-0.1, -0.05) is 6.07 Å². The highest BCUT2D eigenvalue weighted by Gasteiger charge is 2.23. The molecule has 1 amide bonds. The molecule has 0 bridgehead atoms. The normalized spacial score (nSPS) is 13.9. The van der Waals surface area contributed by atoms with Crippen LogP contribution in [0.15, 0.2) is 18.3 Å². The van der Waals surface area contributed by atoms with Crippen molar-refractivity contribution in [2.24, 2.45) is 0 Å². The van der Waals surface area contributed by atoms with Crippen LogP contribution in [0.3, 0.4) is 0 Å². The third-order valence-electron chi connectivity index (χ3n) is 2.48. The molecular formula is C14H19N3O4. The molecule has 0 spiro atoms. The van der Waals surface area contributed by atoms with Gasteiger partial charge in [-0.05, 0) is 26.8 Å². The molecule has 0 saturated heterocycles. The molecule has 3 N–H and O–H groups in total. The van der Waals surface area contributed by atoms with Crippen molar-refractivity contribution in [1.82, 2.24) is 10.3 Å². The summed E-state index contributed by atoms with van der Waals surface area (Å²) in [5, 5.41) is 31.1. The van der Waals surface area contributed by atoms with Crippen molar-refractivity contribution in [2.75, 3.05) is 6.54 Å². The average molecular weight is 293 g/mol. The van der Waals surface area contributed by atoms with Crippen molar-refractivity contribution >= 4 is 6.09 Å². The van der Waals surface area contributed by atoms with Gasteiger partial charge in [-0.3, -0.25) is 0 Å². The molecule has 1 aromatic rings. The van der Waals surface area contributed by atoms with E-state index in [4.69, 9.17) is 10.00 Å². The Kier molecular flexibility index (Phi) is 5.64. The summed E-state index contributed by atoms with van der Waals surface area (Å²) < 4.78 is 5.01. The van der Waals surface area contributed by atoms with Gasteiger partial charge in [-0.2, -0.15) is 5.26 Å².